The highest BCUT2D eigenvalue weighted by Gasteiger charge is 2.30. The predicted octanol–water partition coefficient (Wildman–Crippen LogP) is 5.86. The molecular weight excluding hydrogens is 528 g/mol. The number of allylic oxidation sites excluding steroid dienone is 3. The Morgan fingerprint density at radius 2 is 1.83 bits per heavy atom. The lowest BCUT2D eigenvalue weighted by molar-refractivity contribution is 0.0244. The van der Waals surface area contributed by atoms with Crippen LogP contribution >= 0.6 is 0 Å². The fourth-order valence-electron chi connectivity index (χ4n) is 4.39. The fourth-order valence-corrected chi connectivity index (χ4v) is 4.39. The van der Waals surface area contributed by atoms with Gasteiger partial charge in [-0.05, 0) is 69.6 Å². The van der Waals surface area contributed by atoms with E-state index in [-0.39, 0.29) is 35.0 Å². The molecule has 0 saturated carbocycles. The maximum Gasteiger partial charge on any atom is 0.424 e. The van der Waals surface area contributed by atoms with Crippen molar-refractivity contribution in [2.45, 2.75) is 91.7 Å². The number of ether oxygens (including phenoxy) is 2. The van der Waals surface area contributed by atoms with E-state index in [0.29, 0.717) is 37.3 Å². The smallest absolute Gasteiger partial charge is 0.424 e. The minimum Gasteiger partial charge on any atom is -0.504 e. The van der Waals surface area contributed by atoms with Gasteiger partial charge in [-0.2, -0.15) is 0 Å². The number of hydrogen-bond donors (Lipinski definition) is 2. The molecule has 1 aliphatic rings. The third-order valence-electron chi connectivity index (χ3n) is 6.54. The molecule has 2 heterocycles. The lowest BCUT2D eigenvalue weighted by atomic mass is 9.82. The highest BCUT2D eigenvalue weighted by Crippen LogP contribution is 2.37. The quantitative estimate of drug-likeness (QED) is 0.123. The summed E-state index contributed by atoms with van der Waals surface area (Å²) in [5.41, 5.74) is -0.569. The normalized spacial score (nSPS) is 18.7. The zero-order valence-electron chi connectivity index (χ0n) is 25.1. The van der Waals surface area contributed by atoms with Crippen molar-refractivity contribution < 1.29 is 24.2 Å². The van der Waals surface area contributed by atoms with E-state index in [1.165, 1.54) is 12.3 Å². The van der Waals surface area contributed by atoms with Gasteiger partial charge in [0.2, 0.25) is 0 Å². The molecule has 41 heavy (non-hydrogen) atoms. The van der Waals surface area contributed by atoms with Gasteiger partial charge in [-0.1, -0.05) is 33.8 Å². The Balaban J connectivity index is 2.08. The second kappa shape index (κ2) is 14.2. The molecule has 0 aliphatic carbocycles. The lowest BCUT2D eigenvalue weighted by Crippen LogP contribution is -2.42. The standard InChI is InChI=1S/C30H44N4O7/c1-20-16-25(40-15-11-9-8-10-14-34(31)28(38)41-30(5,6)7)23(35)13-12-21-18-24(36)22(27(37)32-39)19-33(21)26(17-20)29(2,3)4/h13,16,18-19,26,35H,1,8-12,14-15,17,31H2,2-7H3/b23-13+,25-16+/t26-/m1/s1. The Morgan fingerprint density at radius 3 is 2.44 bits per heavy atom. The van der Waals surface area contributed by atoms with Gasteiger partial charge in [0, 0.05) is 42.1 Å². The Morgan fingerprint density at radius 1 is 1.17 bits per heavy atom. The SMILES string of the molecule is C=C1/C=C(OCCCCCCN(N)C(=O)OC(C)(C)C)\C(O)=C/Cc2cc(=O)c(C(=O)N=O)cn2[C@@H](C(C)(C)C)C1. The third-order valence-corrected chi connectivity index (χ3v) is 6.54. The van der Waals surface area contributed by atoms with Crippen LogP contribution in [-0.4, -0.2) is 45.4 Å². The van der Waals surface area contributed by atoms with Crippen LogP contribution in [0.25, 0.3) is 0 Å². The molecule has 11 heteroatoms. The second-order valence-electron chi connectivity index (χ2n) is 12.3. The van der Waals surface area contributed by atoms with Gasteiger partial charge in [0.1, 0.15) is 11.2 Å². The number of amides is 2. The number of aromatic nitrogens is 1. The van der Waals surface area contributed by atoms with E-state index in [1.807, 2.05) is 20.8 Å². The zero-order chi connectivity index (χ0) is 31.0. The first-order valence-corrected chi connectivity index (χ1v) is 13.8. The van der Waals surface area contributed by atoms with Crippen LogP contribution in [0, 0.1) is 10.3 Å². The Hall–Kier alpha value is -3.73. The molecule has 2 amide bonds. The Bertz CT molecular complexity index is 1250. The summed E-state index contributed by atoms with van der Waals surface area (Å²) in [6.07, 6.45) is 7.80. The van der Waals surface area contributed by atoms with Gasteiger partial charge in [-0.3, -0.25) is 9.59 Å². The number of nitrogens with two attached hydrogens (primary N) is 1. The topological polar surface area (TPSA) is 154 Å². The molecule has 0 aromatic carbocycles. The van der Waals surface area contributed by atoms with Gasteiger partial charge in [-0.25, -0.2) is 15.6 Å². The number of rotatable bonds is 9. The Labute approximate surface area is 241 Å². The number of pyridine rings is 1. The number of hydrazine groups is 1. The third kappa shape index (κ3) is 10.3. The molecule has 1 aliphatic heterocycles. The summed E-state index contributed by atoms with van der Waals surface area (Å²) in [7, 11) is 0. The van der Waals surface area contributed by atoms with Crippen LogP contribution in [0.15, 0.2) is 58.1 Å². The van der Waals surface area contributed by atoms with Crippen LogP contribution in [0.2, 0.25) is 0 Å². The molecular formula is C30H44N4O7. The maximum atomic E-state index is 12.6. The fraction of sp³-hybridized carbons (Fsp3) is 0.567. The van der Waals surface area contributed by atoms with Crippen molar-refractivity contribution >= 4 is 12.0 Å². The molecule has 3 N–H and O–H groups in total. The summed E-state index contributed by atoms with van der Waals surface area (Å²) >= 11 is 0. The summed E-state index contributed by atoms with van der Waals surface area (Å²) in [6, 6.07) is 1.08. The molecule has 0 radical (unpaired) electrons. The first kappa shape index (κ1) is 33.5. The van der Waals surface area contributed by atoms with Gasteiger partial charge in [0.05, 0.1) is 6.61 Å². The van der Waals surface area contributed by atoms with Crippen molar-refractivity contribution in [2.75, 3.05) is 13.2 Å². The largest absolute Gasteiger partial charge is 0.504 e. The summed E-state index contributed by atoms with van der Waals surface area (Å²) in [6.45, 7) is 16.3. The van der Waals surface area contributed by atoms with Crippen molar-refractivity contribution in [3.63, 3.8) is 0 Å². The van der Waals surface area contributed by atoms with Crippen molar-refractivity contribution in [1.29, 1.82) is 0 Å². The van der Waals surface area contributed by atoms with Crippen LogP contribution in [-0.2, 0) is 15.9 Å². The summed E-state index contributed by atoms with van der Waals surface area (Å²) in [5, 5.41) is 14.3. The van der Waals surface area contributed by atoms with Gasteiger partial charge in [-0.15, -0.1) is 4.91 Å². The number of fused-ring (bicyclic) bond motifs is 1. The van der Waals surface area contributed by atoms with E-state index in [0.717, 1.165) is 24.3 Å². The number of carbonyl (C=O) groups excluding carboxylic acids is 2. The molecule has 0 saturated heterocycles. The molecule has 1 aromatic rings. The van der Waals surface area contributed by atoms with Crippen molar-refractivity contribution in [2.24, 2.45) is 16.4 Å². The lowest BCUT2D eigenvalue weighted by Gasteiger charge is -2.35. The molecule has 0 spiro atoms. The van der Waals surface area contributed by atoms with Crippen molar-refractivity contribution in [3.8, 4) is 0 Å². The highest BCUT2D eigenvalue weighted by molar-refractivity contribution is 5.94. The molecule has 0 fully saturated rings. The van der Waals surface area contributed by atoms with Crippen molar-refractivity contribution in [1.82, 2.24) is 9.58 Å². The highest BCUT2D eigenvalue weighted by atomic mass is 16.6. The first-order chi connectivity index (χ1) is 19.0. The Kier molecular flexibility index (Phi) is 11.6. The van der Waals surface area contributed by atoms with E-state index in [2.05, 4.69) is 11.8 Å². The monoisotopic (exact) mass is 572 g/mol. The molecule has 226 valence electrons. The minimum atomic E-state index is -1.12. The number of nitrogens with zero attached hydrogens (tertiary/aromatic N) is 3. The molecule has 11 nitrogen and oxygen atoms in total. The second-order valence-corrected chi connectivity index (χ2v) is 12.3. The van der Waals surface area contributed by atoms with E-state index in [1.54, 1.807) is 37.5 Å². The van der Waals surface area contributed by atoms with Crippen LogP contribution in [0.4, 0.5) is 4.79 Å². The number of carbonyl (C=O) groups is 2. The molecule has 2 rings (SSSR count). The van der Waals surface area contributed by atoms with E-state index < -0.39 is 23.0 Å². The van der Waals surface area contributed by atoms with Crippen LogP contribution in [0.5, 0.6) is 0 Å². The van der Waals surface area contributed by atoms with Crippen LogP contribution in [0.1, 0.15) is 95.7 Å². The number of hydrogen-bond acceptors (Lipinski definition) is 8. The number of unbranched alkanes of at least 4 members (excludes halogenated alkanes) is 3. The number of nitroso groups, excluding NO2 is 1. The molecule has 1 atom stereocenters. The maximum absolute atomic E-state index is 12.6. The average molecular weight is 573 g/mol. The predicted molar refractivity (Wildman–Crippen MR) is 157 cm³/mol. The summed E-state index contributed by atoms with van der Waals surface area (Å²) in [4.78, 5) is 47.4. The van der Waals surface area contributed by atoms with Gasteiger partial charge in [0.15, 0.2) is 16.9 Å². The zero-order valence-corrected chi connectivity index (χ0v) is 25.1. The number of aliphatic hydroxyl groups excluding tert-OH is 1. The van der Waals surface area contributed by atoms with E-state index >= 15 is 0 Å². The molecule has 0 unspecified atom stereocenters. The van der Waals surface area contributed by atoms with Gasteiger partial charge in [0.25, 0.3) is 0 Å². The van der Waals surface area contributed by atoms with E-state index in [4.69, 9.17) is 15.3 Å². The minimum absolute atomic E-state index is 0.0924. The first-order valence-electron chi connectivity index (χ1n) is 13.8. The van der Waals surface area contributed by atoms with Gasteiger partial charge >= 0.3 is 12.0 Å². The molecule has 0 bridgehead atoms. The summed E-state index contributed by atoms with van der Waals surface area (Å²) < 4.78 is 13.0. The van der Waals surface area contributed by atoms with Crippen LogP contribution in [0.3, 0.4) is 0 Å². The average Bonchev–Trinajstić information content (AvgIpc) is 2.86. The van der Waals surface area contributed by atoms with Crippen molar-refractivity contribution in [3.05, 3.63) is 74.5 Å². The van der Waals surface area contributed by atoms with Gasteiger partial charge < -0.3 is 19.1 Å². The molecule has 1 aromatic heterocycles. The number of aliphatic hydroxyl groups is 1. The summed E-state index contributed by atoms with van der Waals surface area (Å²) in [5.74, 6) is 4.85. The van der Waals surface area contributed by atoms with Crippen LogP contribution < -0.4 is 11.3 Å². The van der Waals surface area contributed by atoms with E-state index in [9.17, 15) is 24.4 Å².